The first-order valence-electron chi connectivity index (χ1n) is 11.6. The van der Waals surface area contributed by atoms with Gasteiger partial charge in [-0.25, -0.2) is 8.42 Å². The van der Waals surface area contributed by atoms with E-state index in [9.17, 15) is 13.2 Å². The number of carbonyl (C=O) groups is 1. The largest absolute Gasteiger partial charge is 0.336 e. The number of amides is 1. The molecule has 0 aliphatic carbocycles. The molecule has 5 rings (SSSR count). The van der Waals surface area contributed by atoms with Crippen LogP contribution in [-0.2, 0) is 16.6 Å². The number of sulfonamides is 1. The molecule has 0 radical (unpaired) electrons. The van der Waals surface area contributed by atoms with Gasteiger partial charge in [0.2, 0.25) is 10.0 Å². The summed E-state index contributed by atoms with van der Waals surface area (Å²) < 4.78 is 27.9. The van der Waals surface area contributed by atoms with Gasteiger partial charge in [0.1, 0.15) is 0 Å². The van der Waals surface area contributed by atoms with Crippen LogP contribution in [0, 0.1) is 0 Å². The third kappa shape index (κ3) is 5.63. The Morgan fingerprint density at radius 1 is 0.865 bits per heavy atom. The maximum absolute atomic E-state index is 13.2. The molecule has 1 aromatic heterocycles. The van der Waals surface area contributed by atoms with Crippen molar-refractivity contribution in [3.63, 3.8) is 0 Å². The van der Waals surface area contributed by atoms with Gasteiger partial charge in [0, 0.05) is 49.5 Å². The first-order valence-corrected chi connectivity index (χ1v) is 13.4. The van der Waals surface area contributed by atoms with E-state index in [1.54, 1.807) is 53.6 Å². The molecule has 37 heavy (non-hydrogen) atoms. The Hall–Kier alpha value is -3.01. The predicted octanol–water partition coefficient (Wildman–Crippen LogP) is 4.58. The number of nitrogens with two attached hydrogens (primary N) is 1. The predicted molar refractivity (Wildman–Crippen MR) is 148 cm³/mol. The van der Waals surface area contributed by atoms with Gasteiger partial charge in [-0.1, -0.05) is 35.9 Å². The number of hydrogen-bond donors (Lipinski definition) is 1. The second-order valence-electron chi connectivity index (χ2n) is 8.67. The Morgan fingerprint density at radius 3 is 2.24 bits per heavy atom. The van der Waals surface area contributed by atoms with Crippen molar-refractivity contribution in [1.29, 1.82) is 0 Å². The van der Waals surface area contributed by atoms with Gasteiger partial charge in [-0.3, -0.25) is 9.78 Å². The molecular formula is C27H26Cl2N4O3S. The van der Waals surface area contributed by atoms with Crippen LogP contribution >= 0.6 is 24.0 Å². The molecule has 3 aromatic carbocycles. The Morgan fingerprint density at radius 2 is 1.54 bits per heavy atom. The average molecular weight is 558 g/mol. The number of piperazine rings is 1. The number of nitrogens with zero attached hydrogens (tertiary/aromatic N) is 3. The molecule has 2 N–H and O–H groups in total. The van der Waals surface area contributed by atoms with Crippen LogP contribution in [0.15, 0.2) is 83.9 Å². The van der Waals surface area contributed by atoms with Crippen LogP contribution in [0.1, 0.15) is 16.1 Å². The van der Waals surface area contributed by atoms with Gasteiger partial charge in [-0.05, 0) is 70.4 Å². The van der Waals surface area contributed by atoms with Crippen molar-refractivity contribution < 1.29 is 13.2 Å². The lowest BCUT2D eigenvalue weighted by Gasteiger charge is -2.34. The first-order chi connectivity index (χ1) is 17.3. The van der Waals surface area contributed by atoms with Crippen LogP contribution in [0.25, 0.3) is 21.9 Å². The normalized spacial score (nSPS) is 14.4. The number of aromatic nitrogens is 1. The molecule has 4 aromatic rings. The molecule has 0 atom stereocenters. The number of carbonyl (C=O) groups excluding carboxylic acids is 1. The molecule has 1 saturated heterocycles. The fraction of sp³-hybridized carbons (Fsp3) is 0.185. The van der Waals surface area contributed by atoms with Gasteiger partial charge in [0.05, 0.1) is 10.6 Å². The van der Waals surface area contributed by atoms with Crippen molar-refractivity contribution in [2.75, 3.05) is 26.2 Å². The summed E-state index contributed by atoms with van der Waals surface area (Å²) in [6, 6.07) is 21.6. The van der Waals surface area contributed by atoms with E-state index in [1.165, 1.54) is 4.31 Å². The zero-order valence-corrected chi connectivity index (χ0v) is 22.3. The van der Waals surface area contributed by atoms with Crippen LogP contribution in [0.4, 0.5) is 0 Å². The van der Waals surface area contributed by atoms with Gasteiger partial charge < -0.3 is 10.6 Å². The van der Waals surface area contributed by atoms with E-state index in [1.807, 2.05) is 30.3 Å². The molecule has 0 spiro atoms. The molecule has 1 aliphatic heterocycles. The van der Waals surface area contributed by atoms with Gasteiger partial charge in [-0.2, -0.15) is 4.31 Å². The highest BCUT2D eigenvalue weighted by Gasteiger charge is 2.30. The zero-order chi connectivity index (χ0) is 25.3. The highest BCUT2D eigenvalue weighted by atomic mass is 35.5. The van der Waals surface area contributed by atoms with Crippen LogP contribution < -0.4 is 5.73 Å². The first kappa shape index (κ1) is 27.0. The second-order valence-corrected chi connectivity index (χ2v) is 11.0. The summed E-state index contributed by atoms with van der Waals surface area (Å²) >= 11 is 6.04. The third-order valence-corrected chi connectivity index (χ3v) is 8.56. The lowest BCUT2D eigenvalue weighted by atomic mass is 10.0. The van der Waals surface area contributed by atoms with Crippen molar-refractivity contribution >= 4 is 50.7 Å². The van der Waals surface area contributed by atoms with Crippen molar-refractivity contribution in [3.05, 3.63) is 95.3 Å². The fourth-order valence-electron chi connectivity index (χ4n) is 4.39. The molecular weight excluding hydrogens is 531 g/mol. The highest BCUT2D eigenvalue weighted by molar-refractivity contribution is 7.89. The molecule has 1 fully saturated rings. The van der Waals surface area contributed by atoms with Gasteiger partial charge in [0.15, 0.2) is 0 Å². The number of fused-ring (bicyclic) bond motifs is 1. The van der Waals surface area contributed by atoms with Crippen LogP contribution in [0.2, 0.25) is 5.02 Å². The molecule has 192 valence electrons. The average Bonchev–Trinajstić information content (AvgIpc) is 2.92. The van der Waals surface area contributed by atoms with Crippen molar-refractivity contribution in [1.82, 2.24) is 14.2 Å². The summed E-state index contributed by atoms with van der Waals surface area (Å²) in [6.45, 7) is 1.50. The zero-order valence-electron chi connectivity index (χ0n) is 19.9. The lowest BCUT2D eigenvalue weighted by Crippen LogP contribution is -2.50. The van der Waals surface area contributed by atoms with E-state index >= 15 is 0 Å². The van der Waals surface area contributed by atoms with Gasteiger partial charge >= 0.3 is 0 Å². The summed E-state index contributed by atoms with van der Waals surface area (Å²) in [7, 11) is -3.67. The Labute approximate surface area is 227 Å². The molecule has 1 amide bonds. The number of benzene rings is 3. The molecule has 2 heterocycles. The number of halogens is 2. The summed E-state index contributed by atoms with van der Waals surface area (Å²) in [5, 5.41) is 2.29. The molecule has 0 bridgehead atoms. The second kappa shape index (κ2) is 11.2. The molecule has 1 aliphatic rings. The third-order valence-electron chi connectivity index (χ3n) is 6.43. The Balaban J connectivity index is 0.00000320. The summed E-state index contributed by atoms with van der Waals surface area (Å²) in [6.07, 6.45) is 1.72. The number of hydrogen-bond acceptors (Lipinski definition) is 5. The van der Waals surface area contributed by atoms with Crippen LogP contribution in [-0.4, -0.2) is 54.7 Å². The Kier molecular flexibility index (Phi) is 8.16. The van der Waals surface area contributed by atoms with Crippen LogP contribution in [0.3, 0.4) is 0 Å². The summed E-state index contributed by atoms with van der Waals surface area (Å²) in [4.78, 5) is 19.2. The van der Waals surface area contributed by atoms with Gasteiger partial charge in [-0.15, -0.1) is 12.4 Å². The minimum Gasteiger partial charge on any atom is -0.336 e. The van der Waals surface area contributed by atoms with E-state index in [-0.39, 0.29) is 36.3 Å². The monoisotopic (exact) mass is 556 g/mol. The number of pyridine rings is 1. The van der Waals surface area contributed by atoms with Crippen LogP contribution in [0.5, 0.6) is 0 Å². The minimum atomic E-state index is -3.67. The maximum atomic E-state index is 13.2. The molecule has 10 heteroatoms. The van der Waals surface area contributed by atoms with Gasteiger partial charge in [0.25, 0.3) is 5.91 Å². The molecule has 7 nitrogen and oxygen atoms in total. The Bertz CT molecular complexity index is 1540. The van der Waals surface area contributed by atoms with Crippen molar-refractivity contribution in [2.24, 2.45) is 5.73 Å². The van der Waals surface area contributed by atoms with E-state index in [0.717, 1.165) is 27.6 Å². The van der Waals surface area contributed by atoms with Crippen molar-refractivity contribution in [2.45, 2.75) is 11.4 Å². The smallest absolute Gasteiger partial charge is 0.253 e. The van der Waals surface area contributed by atoms with E-state index < -0.39 is 10.0 Å². The molecule has 0 saturated carbocycles. The van der Waals surface area contributed by atoms with E-state index in [2.05, 4.69) is 4.98 Å². The topological polar surface area (TPSA) is 96.6 Å². The van der Waals surface area contributed by atoms with E-state index in [0.29, 0.717) is 30.2 Å². The maximum Gasteiger partial charge on any atom is 0.253 e. The summed E-state index contributed by atoms with van der Waals surface area (Å²) in [5.41, 5.74) is 9.00. The number of rotatable bonds is 5. The van der Waals surface area contributed by atoms with E-state index in [4.69, 9.17) is 17.3 Å². The minimum absolute atomic E-state index is 0. The highest BCUT2D eigenvalue weighted by Crippen LogP contribution is 2.26. The summed E-state index contributed by atoms with van der Waals surface area (Å²) in [5.74, 6) is -0.112. The lowest BCUT2D eigenvalue weighted by molar-refractivity contribution is 0.0698. The molecule has 0 unspecified atom stereocenters. The SMILES string of the molecule is Cl.NCc1cc(-c2ccc(C(=O)N3CCN(S(=O)(=O)c4ccc5cc(Cl)ccc5c4)CC3)cc2)ccn1. The fourth-order valence-corrected chi connectivity index (χ4v) is 6.03. The quantitative estimate of drug-likeness (QED) is 0.388. The standard InChI is InChI=1S/C27H25ClN4O3S.ClH/c28-24-7-5-22-17-26(8-6-21(22)15-24)36(34,35)32-13-11-31(12-14-32)27(33)20-3-1-19(2-4-20)23-9-10-30-25(16-23)18-29;/h1-10,15-17H,11-14,18,29H2;1H. The van der Waals surface area contributed by atoms with Crippen molar-refractivity contribution in [3.8, 4) is 11.1 Å².